The molecule has 0 saturated carbocycles. The molecular formula is C15H13FO2S. The maximum absolute atomic E-state index is 13.6. The summed E-state index contributed by atoms with van der Waals surface area (Å²) in [7, 11) is 0. The van der Waals surface area contributed by atoms with Crippen LogP contribution in [0.3, 0.4) is 0 Å². The van der Waals surface area contributed by atoms with Gasteiger partial charge in [0, 0.05) is 15.1 Å². The van der Waals surface area contributed by atoms with Crippen LogP contribution in [-0.2, 0) is 0 Å². The molecule has 1 atom stereocenters. The Balaban J connectivity index is 2.06. The third-order valence-corrected chi connectivity index (χ3v) is 4.44. The van der Waals surface area contributed by atoms with Gasteiger partial charge in [-0.1, -0.05) is 12.1 Å². The number of aliphatic hydroxyl groups is 1. The van der Waals surface area contributed by atoms with E-state index in [1.807, 2.05) is 19.9 Å². The Kier molecular flexibility index (Phi) is 2.92. The Morgan fingerprint density at radius 3 is 2.68 bits per heavy atom. The van der Waals surface area contributed by atoms with Gasteiger partial charge in [-0.15, -0.1) is 11.3 Å². The molecule has 0 bridgehead atoms. The molecule has 4 heteroatoms. The van der Waals surface area contributed by atoms with Gasteiger partial charge in [-0.3, -0.25) is 0 Å². The minimum atomic E-state index is -0.843. The summed E-state index contributed by atoms with van der Waals surface area (Å²) in [6.45, 7) is 4.01. The first-order valence-electron chi connectivity index (χ1n) is 5.99. The molecule has 2 nitrogen and oxygen atoms in total. The third kappa shape index (κ3) is 2.07. The van der Waals surface area contributed by atoms with Crippen LogP contribution < -0.4 is 0 Å². The van der Waals surface area contributed by atoms with Crippen LogP contribution in [0.1, 0.15) is 27.2 Å². The molecule has 98 valence electrons. The van der Waals surface area contributed by atoms with Gasteiger partial charge in [0.1, 0.15) is 11.9 Å². The van der Waals surface area contributed by atoms with E-state index in [-0.39, 0.29) is 5.58 Å². The van der Waals surface area contributed by atoms with Crippen molar-refractivity contribution in [2.75, 3.05) is 0 Å². The van der Waals surface area contributed by atoms with E-state index in [9.17, 15) is 9.50 Å². The number of hydrogen-bond acceptors (Lipinski definition) is 3. The molecule has 2 heterocycles. The van der Waals surface area contributed by atoms with E-state index in [0.29, 0.717) is 11.1 Å². The normalized spacial score (nSPS) is 13.1. The predicted octanol–water partition coefficient (Wildman–Crippen LogP) is 4.33. The number of aryl methyl sites for hydroxylation is 2. The quantitative estimate of drug-likeness (QED) is 0.755. The number of benzene rings is 1. The van der Waals surface area contributed by atoms with Crippen LogP contribution in [0, 0.1) is 19.7 Å². The lowest BCUT2D eigenvalue weighted by Crippen LogP contribution is -1.94. The highest BCUT2D eigenvalue weighted by molar-refractivity contribution is 7.12. The molecule has 3 rings (SSSR count). The average molecular weight is 276 g/mol. The Hall–Kier alpha value is -1.65. The van der Waals surface area contributed by atoms with Crippen LogP contribution in [0.5, 0.6) is 0 Å². The van der Waals surface area contributed by atoms with Crippen molar-refractivity contribution < 1.29 is 13.9 Å². The van der Waals surface area contributed by atoms with E-state index in [1.165, 1.54) is 17.4 Å². The second-order valence-corrected chi connectivity index (χ2v) is 5.89. The molecule has 0 radical (unpaired) electrons. The number of rotatable bonds is 2. The van der Waals surface area contributed by atoms with E-state index in [1.54, 1.807) is 18.2 Å². The van der Waals surface area contributed by atoms with Crippen LogP contribution >= 0.6 is 11.3 Å². The molecule has 2 aromatic heterocycles. The van der Waals surface area contributed by atoms with Crippen molar-refractivity contribution in [3.8, 4) is 0 Å². The monoisotopic (exact) mass is 276 g/mol. The van der Waals surface area contributed by atoms with Crippen molar-refractivity contribution in [1.82, 2.24) is 0 Å². The van der Waals surface area contributed by atoms with Crippen LogP contribution in [0.15, 0.2) is 34.7 Å². The molecule has 1 N–H and O–H groups in total. The van der Waals surface area contributed by atoms with Crippen molar-refractivity contribution >= 4 is 22.3 Å². The van der Waals surface area contributed by atoms with Crippen LogP contribution in [0.2, 0.25) is 0 Å². The molecule has 1 unspecified atom stereocenters. The van der Waals surface area contributed by atoms with Crippen molar-refractivity contribution in [2.24, 2.45) is 0 Å². The summed E-state index contributed by atoms with van der Waals surface area (Å²) in [4.78, 5) is 1.98. The van der Waals surface area contributed by atoms with E-state index in [4.69, 9.17) is 4.42 Å². The lowest BCUT2D eigenvalue weighted by atomic mass is 10.2. The highest BCUT2D eigenvalue weighted by Crippen LogP contribution is 2.33. The van der Waals surface area contributed by atoms with Gasteiger partial charge in [0.05, 0.1) is 0 Å². The number of aliphatic hydroxyl groups excluding tert-OH is 1. The summed E-state index contributed by atoms with van der Waals surface area (Å²) in [5, 5.41) is 11.0. The lowest BCUT2D eigenvalue weighted by Gasteiger charge is -2.03. The maximum atomic E-state index is 13.6. The molecular weight excluding hydrogens is 263 g/mol. The number of thiophene rings is 1. The Bertz CT molecular complexity index is 722. The number of para-hydroxylation sites is 1. The Morgan fingerprint density at radius 1 is 1.26 bits per heavy atom. The fourth-order valence-electron chi connectivity index (χ4n) is 2.06. The van der Waals surface area contributed by atoms with Crippen molar-refractivity contribution in [3.63, 3.8) is 0 Å². The number of fused-ring (bicyclic) bond motifs is 1. The summed E-state index contributed by atoms with van der Waals surface area (Å²) in [6.07, 6.45) is -0.843. The van der Waals surface area contributed by atoms with Gasteiger partial charge in [0.2, 0.25) is 0 Å². The van der Waals surface area contributed by atoms with Gasteiger partial charge < -0.3 is 9.52 Å². The molecule has 3 aromatic rings. The van der Waals surface area contributed by atoms with E-state index in [2.05, 4.69) is 0 Å². The van der Waals surface area contributed by atoms with Gasteiger partial charge in [-0.25, -0.2) is 4.39 Å². The SMILES string of the molecule is Cc1cc(C(O)c2cc3cccc(F)c3o2)sc1C. The largest absolute Gasteiger partial charge is 0.455 e. The highest BCUT2D eigenvalue weighted by Gasteiger charge is 2.19. The molecule has 0 saturated heterocycles. The summed E-state index contributed by atoms with van der Waals surface area (Å²) in [6, 6.07) is 8.37. The van der Waals surface area contributed by atoms with E-state index < -0.39 is 11.9 Å². The molecule has 0 amide bonds. The fourth-order valence-corrected chi connectivity index (χ4v) is 3.10. The van der Waals surface area contributed by atoms with Crippen molar-refractivity contribution in [2.45, 2.75) is 20.0 Å². The zero-order chi connectivity index (χ0) is 13.6. The number of halogens is 1. The predicted molar refractivity (Wildman–Crippen MR) is 74.0 cm³/mol. The number of hydrogen-bond donors (Lipinski definition) is 1. The molecule has 1 aromatic carbocycles. The standard InChI is InChI=1S/C15H13FO2S/c1-8-6-13(19-9(8)2)14(17)12-7-10-4-3-5-11(16)15(10)18-12/h3-7,14,17H,1-2H3. The number of furan rings is 1. The van der Waals surface area contributed by atoms with Gasteiger partial charge in [0.15, 0.2) is 11.4 Å². The highest BCUT2D eigenvalue weighted by atomic mass is 32.1. The second kappa shape index (κ2) is 4.47. The maximum Gasteiger partial charge on any atom is 0.170 e. The van der Waals surface area contributed by atoms with Gasteiger partial charge in [-0.05, 0) is 37.6 Å². The lowest BCUT2D eigenvalue weighted by molar-refractivity contribution is 0.195. The zero-order valence-electron chi connectivity index (χ0n) is 10.6. The van der Waals surface area contributed by atoms with Gasteiger partial charge >= 0.3 is 0 Å². The Labute approximate surface area is 114 Å². The first-order valence-corrected chi connectivity index (χ1v) is 6.81. The summed E-state index contributed by atoms with van der Waals surface area (Å²) in [5.74, 6) is -0.0316. The molecule has 0 aliphatic carbocycles. The summed E-state index contributed by atoms with van der Waals surface area (Å²) < 4.78 is 19.0. The van der Waals surface area contributed by atoms with Crippen molar-refractivity contribution in [3.05, 3.63) is 57.2 Å². The zero-order valence-corrected chi connectivity index (χ0v) is 11.4. The minimum absolute atomic E-state index is 0.196. The first-order chi connectivity index (χ1) is 9.06. The molecule has 0 aliphatic rings. The smallest absolute Gasteiger partial charge is 0.170 e. The third-order valence-electron chi connectivity index (χ3n) is 3.24. The second-order valence-electron chi connectivity index (χ2n) is 4.60. The van der Waals surface area contributed by atoms with Gasteiger partial charge in [-0.2, -0.15) is 0 Å². The fraction of sp³-hybridized carbons (Fsp3) is 0.200. The summed E-state index contributed by atoms with van der Waals surface area (Å²) in [5.41, 5.74) is 1.34. The topological polar surface area (TPSA) is 33.4 Å². The molecule has 19 heavy (non-hydrogen) atoms. The average Bonchev–Trinajstić information content (AvgIpc) is 2.94. The minimum Gasteiger partial charge on any atom is -0.455 e. The first kappa shape index (κ1) is 12.4. The van der Waals surface area contributed by atoms with Gasteiger partial charge in [0.25, 0.3) is 0 Å². The van der Waals surface area contributed by atoms with Crippen LogP contribution in [0.25, 0.3) is 11.0 Å². The molecule has 0 spiro atoms. The van der Waals surface area contributed by atoms with E-state index >= 15 is 0 Å². The summed E-state index contributed by atoms with van der Waals surface area (Å²) >= 11 is 1.53. The molecule has 0 fully saturated rings. The Morgan fingerprint density at radius 2 is 2.05 bits per heavy atom. The molecule has 0 aliphatic heterocycles. The van der Waals surface area contributed by atoms with Crippen molar-refractivity contribution in [1.29, 1.82) is 0 Å². The van der Waals surface area contributed by atoms with E-state index in [0.717, 1.165) is 15.3 Å². The van der Waals surface area contributed by atoms with Crippen LogP contribution in [0.4, 0.5) is 4.39 Å². The van der Waals surface area contributed by atoms with Crippen LogP contribution in [-0.4, -0.2) is 5.11 Å².